The lowest BCUT2D eigenvalue weighted by Crippen LogP contribution is -2.44. The summed E-state index contributed by atoms with van der Waals surface area (Å²) in [6.45, 7) is 4.27. The summed E-state index contributed by atoms with van der Waals surface area (Å²) in [6.07, 6.45) is 1.55. The van der Waals surface area contributed by atoms with Gasteiger partial charge in [0.25, 0.3) is 0 Å². The summed E-state index contributed by atoms with van der Waals surface area (Å²) in [6, 6.07) is -0.446. The fourth-order valence-corrected chi connectivity index (χ4v) is 3.20. The highest BCUT2D eigenvalue weighted by Crippen LogP contribution is 2.23. The van der Waals surface area contributed by atoms with Gasteiger partial charge in [0, 0.05) is 17.8 Å². The maximum absolute atomic E-state index is 12.4. The molecule has 7 nitrogen and oxygen atoms in total. The van der Waals surface area contributed by atoms with Crippen molar-refractivity contribution in [3.8, 4) is 0 Å². The minimum absolute atomic E-state index is 0.00632. The molecule has 1 unspecified atom stereocenters. The van der Waals surface area contributed by atoms with Gasteiger partial charge in [-0.3, -0.25) is 14.4 Å². The van der Waals surface area contributed by atoms with Crippen molar-refractivity contribution in [3.63, 3.8) is 0 Å². The zero-order valence-electron chi connectivity index (χ0n) is 13.5. The molecule has 0 aromatic carbocycles. The Hall–Kier alpha value is -1.96. The molecule has 0 aliphatic carbocycles. The van der Waals surface area contributed by atoms with E-state index in [2.05, 4.69) is 15.0 Å². The van der Waals surface area contributed by atoms with Crippen LogP contribution < -0.4 is 5.32 Å². The van der Waals surface area contributed by atoms with Crippen molar-refractivity contribution < 1.29 is 19.1 Å². The zero-order chi connectivity index (χ0) is 17.0. The van der Waals surface area contributed by atoms with Crippen LogP contribution >= 0.6 is 11.3 Å². The van der Waals surface area contributed by atoms with Gasteiger partial charge < -0.3 is 15.0 Å². The van der Waals surface area contributed by atoms with Crippen LogP contribution in [-0.2, 0) is 25.5 Å². The number of hydrogen-bond acceptors (Lipinski definition) is 6. The first-order chi connectivity index (χ1) is 10.9. The van der Waals surface area contributed by atoms with Crippen LogP contribution in [0.1, 0.15) is 32.4 Å². The number of rotatable bonds is 5. The van der Waals surface area contributed by atoms with E-state index < -0.39 is 6.04 Å². The number of anilines is 1. The first kappa shape index (κ1) is 17.4. The van der Waals surface area contributed by atoms with Gasteiger partial charge in [0.1, 0.15) is 6.04 Å². The van der Waals surface area contributed by atoms with Crippen LogP contribution in [0.25, 0.3) is 0 Å². The number of ether oxygens (including phenoxy) is 1. The van der Waals surface area contributed by atoms with E-state index in [0.717, 1.165) is 6.42 Å². The molecule has 1 N–H and O–H groups in total. The van der Waals surface area contributed by atoms with Gasteiger partial charge in [-0.25, -0.2) is 4.98 Å². The Labute approximate surface area is 139 Å². The summed E-state index contributed by atoms with van der Waals surface area (Å²) in [5.74, 6) is -0.740. The van der Waals surface area contributed by atoms with Gasteiger partial charge in [-0.1, -0.05) is 13.8 Å². The molecule has 2 amide bonds. The molecule has 0 radical (unpaired) electrons. The first-order valence-corrected chi connectivity index (χ1v) is 8.43. The molecule has 1 aliphatic heterocycles. The summed E-state index contributed by atoms with van der Waals surface area (Å²) in [4.78, 5) is 41.6. The molecule has 0 bridgehead atoms. The van der Waals surface area contributed by atoms with Crippen LogP contribution in [0.5, 0.6) is 0 Å². The highest BCUT2D eigenvalue weighted by Gasteiger charge is 2.35. The number of likely N-dealkylation sites (tertiary alicyclic amines) is 1. The molecule has 1 atom stereocenters. The Kier molecular flexibility index (Phi) is 5.70. The summed E-state index contributed by atoms with van der Waals surface area (Å²) >= 11 is 1.25. The van der Waals surface area contributed by atoms with Crippen LogP contribution in [-0.4, -0.2) is 47.4 Å². The predicted molar refractivity (Wildman–Crippen MR) is 86.0 cm³/mol. The zero-order valence-corrected chi connectivity index (χ0v) is 14.3. The predicted octanol–water partition coefficient (Wildman–Crippen LogP) is 1.44. The second-order valence-corrected chi connectivity index (χ2v) is 6.59. The standard InChI is InChI=1S/C15H21N3O4S/c1-9(2)14(21)18-6-4-5-11(18)13(20)17-15-16-10(8-23-15)7-12(19)22-3/h8-9,11H,4-7H2,1-3H3,(H,16,17,20). The monoisotopic (exact) mass is 339 g/mol. The van der Waals surface area contributed by atoms with E-state index in [9.17, 15) is 14.4 Å². The molecule has 0 spiro atoms. The third-order valence-electron chi connectivity index (χ3n) is 3.67. The molecule has 23 heavy (non-hydrogen) atoms. The van der Waals surface area contributed by atoms with E-state index >= 15 is 0 Å². The van der Waals surface area contributed by atoms with Crippen LogP contribution in [0.4, 0.5) is 5.13 Å². The smallest absolute Gasteiger partial charge is 0.311 e. The van der Waals surface area contributed by atoms with E-state index in [1.165, 1.54) is 18.4 Å². The minimum Gasteiger partial charge on any atom is -0.469 e. The lowest BCUT2D eigenvalue weighted by molar-refractivity contribution is -0.140. The number of amides is 2. The van der Waals surface area contributed by atoms with E-state index in [-0.39, 0.29) is 30.1 Å². The minimum atomic E-state index is -0.446. The van der Waals surface area contributed by atoms with Crippen LogP contribution in [0, 0.1) is 5.92 Å². The highest BCUT2D eigenvalue weighted by molar-refractivity contribution is 7.13. The molecule has 1 saturated heterocycles. The molecule has 1 aliphatic rings. The third-order valence-corrected chi connectivity index (χ3v) is 4.47. The van der Waals surface area contributed by atoms with Crippen molar-refractivity contribution in [2.75, 3.05) is 19.0 Å². The number of carbonyl (C=O) groups excluding carboxylic acids is 3. The molecule has 2 rings (SSSR count). The van der Waals surface area contributed by atoms with Gasteiger partial charge in [0.2, 0.25) is 11.8 Å². The molecule has 8 heteroatoms. The molecular weight excluding hydrogens is 318 g/mol. The summed E-state index contributed by atoms with van der Waals surface area (Å²) in [5, 5.41) is 4.88. The van der Waals surface area contributed by atoms with Crippen molar-refractivity contribution in [3.05, 3.63) is 11.1 Å². The second kappa shape index (κ2) is 7.54. The normalized spacial score (nSPS) is 17.4. The topological polar surface area (TPSA) is 88.6 Å². The number of methoxy groups -OCH3 is 1. The number of esters is 1. The summed E-state index contributed by atoms with van der Waals surface area (Å²) in [7, 11) is 1.32. The fraction of sp³-hybridized carbons (Fsp3) is 0.600. The number of hydrogen-bond donors (Lipinski definition) is 1. The summed E-state index contributed by atoms with van der Waals surface area (Å²) < 4.78 is 4.58. The van der Waals surface area contributed by atoms with E-state index in [0.29, 0.717) is 23.8 Å². The van der Waals surface area contributed by atoms with E-state index in [4.69, 9.17) is 0 Å². The van der Waals surface area contributed by atoms with E-state index in [1.807, 2.05) is 13.8 Å². The van der Waals surface area contributed by atoms with Crippen LogP contribution in [0.3, 0.4) is 0 Å². The average molecular weight is 339 g/mol. The Morgan fingerprint density at radius 2 is 2.22 bits per heavy atom. The van der Waals surface area contributed by atoms with Crippen LogP contribution in [0.15, 0.2) is 5.38 Å². The van der Waals surface area contributed by atoms with Crippen molar-refractivity contribution in [1.82, 2.24) is 9.88 Å². The van der Waals surface area contributed by atoms with Crippen molar-refractivity contribution >= 4 is 34.3 Å². The highest BCUT2D eigenvalue weighted by atomic mass is 32.1. The molecule has 0 saturated carbocycles. The number of thiazole rings is 1. The number of nitrogens with one attached hydrogen (secondary N) is 1. The molecule has 1 fully saturated rings. The van der Waals surface area contributed by atoms with Gasteiger partial charge in [-0.15, -0.1) is 11.3 Å². The molecule has 2 heterocycles. The Bertz CT molecular complexity index is 599. The summed E-state index contributed by atoms with van der Waals surface area (Å²) in [5.41, 5.74) is 0.554. The lowest BCUT2D eigenvalue weighted by Gasteiger charge is -2.25. The number of nitrogens with zero attached hydrogens (tertiary/aromatic N) is 2. The van der Waals surface area contributed by atoms with E-state index in [1.54, 1.807) is 10.3 Å². The number of aromatic nitrogens is 1. The van der Waals surface area contributed by atoms with Crippen molar-refractivity contribution in [1.29, 1.82) is 0 Å². The molecule has 1 aromatic rings. The SMILES string of the molecule is COC(=O)Cc1csc(NC(=O)C2CCCN2C(=O)C(C)C)n1. The lowest BCUT2D eigenvalue weighted by atomic mass is 10.1. The van der Waals surface area contributed by atoms with Gasteiger partial charge in [-0.05, 0) is 12.8 Å². The van der Waals surface area contributed by atoms with Gasteiger partial charge >= 0.3 is 5.97 Å². The Morgan fingerprint density at radius 1 is 1.48 bits per heavy atom. The molecule has 1 aromatic heterocycles. The average Bonchev–Trinajstić information content (AvgIpc) is 3.15. The maximum Gasteiger partial charge on any atom is 0.311 e. The number of carbonyl (C=O) groups is 3. The van der Waals surface area contributed by atoms with Gasteiger partial charge in [0.15, 0.2) is 5.13 Å². The third kappa shape index (κ3) is 4.28. The van der Waals surface area contributed by atoms with Gasteiger partial charge in [-0.2, -0.15) is 0 Å². The quantitative estimate of drug-likeness (QED) is 0.820. The Balaban J connectivity index is 1.98. The molecular formula is C15H21N3O4S. The van der Waals surface area contributed by atoms with Crippen molar-refractivity contribution in [2.45, 2.75) is 39.2 Å². The maximum atomic E-state index is 12.4. The van der Waals surface area contributed by atoms with Gasteiger partial charge in [0.05, 0.1) is 19.2 Å². The molecule has 126 valence electrons. The van der Waals surface area contributed by atoms with Crippen LogP contribution in [0.2, 0.25) is 0 Å². The Morgan fingerprint density at radius 3 is 2.87 bits per heavy atom. The second-order valence-electron chi connectivity index (χ2n) is 5.73. The first-order valence-electron chi connectivity index (χ1n) is 7.55. The van der Waals surface area contributed by atoms with Crippen molar-refractivity contribution in [2.24, 2.45) is 5.92 Å². The largest absolute Gasteiger partial charge is 0.469 e. The fourth-order valence-electron chi connectivity index (χ4n) is 2.49.